The summed E-state index contributed by atoms with van der Waals surface area (Å²) in [5, 5.41) is 16.3. The van der Waals surface area contributed by atoms with Crippen molar-refractivity contribution in [2.24, 2.45) is 16.5 Å². The number of rotatable bonds is 3. The molecule has 1 aliphatic heterocycles. The van der Waals surface area contributed by atoms with Gasteiger partial charge in [0.25, 0.3) is 0 Å². The standard InChI is InChI=1S/C21H30N2O5/c1-20(2,3)15-7-9-21(10-8-15)12-18(23-28-21)27-19(25)22-13-14-5-6-16(24)17(11-14)26-4/h5-6,11,15,24H,7-10,12-13H2,1-4H3,(H,22,25). The molecule has 1 spiro atoms. The van der Waals surface area contributed by atoms with Crippen LogP contribution in [-0.2, 0) is 16.1 Å². The highest BCUT2D eigenvalue weighted by molar-refractivity contribution is 5.89. The molecule has 7 heteroatoms. The molecule has 0 unspecified atom stereocenters. The summed E-state index contributed by atoms with van der Waals surface area (Å²) in [7, 11) is 1.48. The topological polar surface area (TPSA) is 89.4 Å². The van der Waals surface area contributed by atoms with Gasteiger partial charge in [0.15, 0.2) is 11.5 Å². The van der Waals surface area contributed by atoms with Crippen molar-refractivity contribution < 1.29 is 24.2 Å². The summed E-state index contributed by atoms with van der Waals surface area (Å²) in [5.41, 5.74) is 0.770. The number of oxime groups is 1. The third kappa shape index (κ3) is 4.69. The summed E-state index contributed by atoms with van der Waals surface area (Å²) in [6.07, 6.45) is 4.02. The molecule has 28 heavy (non-hydrogen) atoms. The minimum atomic E-state index is -0.574. The lowest BCUT2D eigenvalue weighted by molar-refractivity contribution is -0.0640. The molecule has 2 N–H and O–H groups in total. The lowest BCUT2D eigenvalue weighted by atomic mass is 9.68. The maximum Gasteiger partial charge on any atom is 0.414 e. The van der Waals surface area contributed by atoms with Gasteiger partial charge in [-0.05, 0) is 54.7 Å². The van der Waals surface area contributed by atoms with Gasteiger partial charge in [-0.15, -0.1) is 0 Å². The van der Waals surface area contributed by atoms with Crippen molar-refractivity contribution in [2.45, 2.75) is 65.0 Å². The Morgan fingerprint density at radius 3 is 2.71 bits per heavy atom. The van der Waals surface area contributed by atoms with Gasteiger partial charge in [-0.2, -0.15) is 0 Å². The van der Waals surface area contributed by atoms with Crippen molar-refractivity contribution in [2.75, 3.05) is 7.11 Å². The van der Waals surface area contributed by atoms with Crippen molar-refractivity contribution in [3.05, 3.63) is 23.8 Å². The summed E-state index contributed by atoms with van der Waals surface area (Å²) < 4.78 is 10.4. The Hall–Kier alpha value is -2.44. The molecule has 1 amide bonds. The van der Waals surface area contributed by atoms with E-state index in [2.05, 4.69) is 31.2 Å². The summed E-state index contributed by atoms with van der Waals surface area (Å²) in [6, 6.07) is 4.89. The van der Waals surface area contributed by atoms with Gasteiger partial charge in [0.1, 0.15) is 5.60 Å². The first kappa shape index (κ1) is 20.3. The second kappa shape index (κ2) is 7.89. The van der Waals surface area contributed by atoms with Gasteiger partial charge in [0, 0.05) is 6.54 Å². The molecular weight excluding hydrogens is 360 g/mol. The Labute approximate surface area is 166 Å². The zero-order chi connectivity index (χ0) is 20.4. The third-order valence-corrected chi connectivity index (χ3v) is 5.83. The number of carbonyl (C=O) groups is 1. The maximum atomic E-state index is 12.1. The van der Waals surface area contributed by atoms with E-state index in [1.165, 1.54) is 13.2 Å². The van der Waals surface area contributed by atoms with E-state index in [0.717, 1.165) is 31.2 Å². The van der Waals surface area contributed by atoms with Gasteiger partial charge >= 0.3 is 6.09 Å². The molecule has 1 fully saturated rings. The van der Waals surface area contributed by atoms with Crippen LogP contribution in [0.15, 0.2) is 23.4 Å². The van der Waals surface area contributed by atoms with E-state index in [9.17, 15) is 9.90 Å². The largest absolute Gasteiger partial charge is 0.504 e. The van der Waals surface area contributed by atoms with Gasteiger partial charge in [-0.25, -0.2) is 4.79 Å². The number of phenols is 1. The van der Waals surface area contributed by atoms with Gasteiger partial charge in [-0.3, -0.25) is 0 Å². The van der Waals surface area contributed by atoms with Crippen LogP contribution in [0, 0.1) is 11.3 Å². The smallest absolute Gasteiger partial charge is 0.414 e. The van der Waals surface area contributed by atoms with Crippen molar-refractivity contribution in [3.8, 4) is 11.5 Å². The molecule has 0 saturated heterocycles. The van der Waals surface area contributed by atoms with Gasteiger partial charge in [0.2, 0.25) is 5.90 Å². The molecule has 1 aromatic carbocycles. The van der Waals surface area contributed by atoms with E-state index in [1.54, 1.807) is 12.1 Å². The van der Waals surface area contributed by atoms with Crippen LogP contribution in [0.5, 0.6) is 11.5 Å². The van der Waals surface area contributed by atoms with Gasteiger partial charge in [0.05, 0.1) is 13.5 Å². The number of alkyl carbamates (subject to hydrolysis) is 1. The normalized spacial score (nSPS) is 24.4. The number of carbonyl (C=O) groups excluding carboxylic acids is 1. The number of ether oxygens (including phenoxy) is 2. The SMILES string of the molecule is COc1cc(CNC(=O)OC2=NOC3(CCC(C(C)(C)C)CC3)C2)ccc1O. The fraction of sp³-hybridized carbons (Fsp3) is 0.619. The second-order valence-corrected chi connectivity index (χ2v) is 8.83. The van der Waals surface area contributed by atoms with E-state index in [0.29, 0.717) is 29.4 Å². The molecule has 2 aliphatic rings. The number of hydrogen-bond donors (Lipinski definition) is 2. The Kier molecular flexibility index (Phi) is 5.72. The number of aromatic hydroxyl groups is 1. The summed E-state index contributed by atoms with van der Waals surface area (Å²) in [6.45, 7) is 7.10. The first-order chi connectivity index (χ1) is 13.2. The molecule has 0 bridgehead atoms. The fourth-order valence-corrected chi connectivity index (χ4v) is 3.97. The Balaban J connectivity index is 1.46. The van der Waals surface area contributed by atoms with Crippen LogP contribution in [0.25, 0.3) is 0 Å². The van der Waals surface area contributed by atoms with E-state index >= 15 is 0 Å². The zero-order valence-electron chi connectivity index (χ0n) is 17.1. The minimum Gasteiger partial charge on any atom is -0.504 e. The number of amides is 1. The lowest BCUT2D eigenvalue weighted by Gasteiger charge is -2.40. The van der Waals surface area contributed by atoms with E-state index in [1.807, 2.05) is 0 Å². The highest BCUT2D eigenvalue weighted by Gasteiger charge is 2.45. The predicted octanol–water partition coefficient (Wildman–Crippen LogP) is 4.34. The molecule has 1 aliphatic carbocycles. The first-order valence-electron chi connectivity index (χ1n) is 9.77. The van der Waals surface area contributed by atoms with Gasteiger partial charge in [-0.1, -0.05) is 32.0 Å². The Morgan fingerprint density at radius 2 is 2.07 bits per heavy atom. The van der Waals surface area contributed by atoms with Gasteiger partial charge < -0.3 is 24.7 Å². The molecule has 3 rings (SSSR count). The zero-order valence-corrected chi connectivity index (χ0v) is 17.1. The monoisotopic (exact) mass is 390 g/mol. The van der Waals surface area contributed by atoms with Crippen LogP contribution < -0.4 is 10.1 Å². The Morgan fingerprint density at radius 1 is 1.36 bits per heavy atom. The summed E-state index contributed by atoms with van der Waals surface area (Å²) >= 11 is 0. The minimum absolute atomic E-state index is 0.0535. The van der Waals surface area contributed by atoms with Crippen LogP contribution >= 0.6 is 0 Å². The fourth-order valence-electron chi connectivity index (χ4n) is 3.97. The van der Waals surface area contributed by atoms with Crippen LogP contribution in [0.4, 0.5) is 4.79 Å². The highest BCUT2D eigenvalue weighted by Crippen LogP contribution is 2.46. The number of benzene rings is 1. The number of hydrogen-bond acceptors (Lipinski definition) is 6. The molecule has 1 heterocycles. The number of nitrogens with zero attached hydrogens (tertiary/aromatic N) is 1. The van der Waals surface area contributed by atoms with Crippen molar-refractivity contribution >= 4 is 12.0 Å². The molecule has 0 aromatic heterocycles. The average molecular weight is 390 g/mol. The van der Waals surface area contributed by atoms with Crippen LogP contribution in [0.3, 0.4) is 0 Å². The van der Waals surface area contributed by atoms with E-state index in [4.69, 9.17) is 14.3 Å². The van der Waals surface area contributed by atoms with E-state index in [-0.39, 0.29) is 17.9 Å². The molecule has 1 aromatic rings. The molecule has 0 atom stereocenters. The second-order valence-electron chi connectivity index (χ2n) is 8.83. The predicted molar refractivity (Wildman–Crippen MR) is 105 cm³/mol. The summed E-state index contributed by atoms with van der Waals surface area (Å²) in [4.78, 5) is 17.8. The van der Waals surface area contributed by atoms with Crippen molar-refractivity contribution in [1.82, 2.24) is 5.32 Å². The van der Waals surface area contributed by atoms with Crippen molar-refractivity contribution in [1.29, 1.82) is 0 Å². The van der Waals surface area contributed by atoms with E-state index < -0.39 is 6.09 Å². The first-order valence-corrected chi connectivity index (χ1v) is 9.77. The quantitative estimate of drug-likeness (QED) is 0.801. The lowest BCUT2D eigenvalue weighted by Crippen LogP contribution is -2.38. The Bertz CT molecular complexity index is 746. The number of methoxy groups -OCH3 is 1. The molecule has 1 saturated carbocycles. The molecule has 0 radical (unpaired) electrons. The third-order valence-electron chi connectivity index (χ3n) is 5.83. The maximum absolute atomic E-state index is 12.1. The number of phenolic OH excluding ortho intramolecular Hbond substituents is 1. The van der Waals surface area contributed by atoms with Crippen LogP contribution in [-0.4, -0.2) is 29.8 Å². The molecular formula is C21H30N2O5. The molecule has 7 nitrogen and oxygen atoms in total. The highest BCUT2D eigenvalue weighted by atomic mass is 16.7. The van der Waals surface area contributed by atoms with Crippen LogP contribution in [0.2, 0.25) is 0 Å². The number of nitrogens with one attached hydrogen (secondary N) is 1. The average Bonchev–Trinajstić information content (AvgIpc) is 3.02. The molecule has 154 valence electrons. The van der Waals surface area contributed by atoms with Crippen LogP contribution in [0.1, 0.15) is 58.4 Å². The summed E-state index contributed by atoms with van der Waals surface area (Å²) in [5.74, 6) is 1.42. The van der Waals surface area contributed by atoms with Crippen molar-refractivity contribution in [3.63, 3.8) is 0 Å².